The molecule has 1 aliphatic rings. The highest BCUT2D eigenvalue weighted by Crippen LogP contribution is 2.18. The summed E-state index contributed by atoms with van der Waals surface area (Å²) in [5, 5.41) is 0. The van der Waals surface area contributed by atoms with Crippen LogP contribution >= 0.6 is 0 Å². The van der Waals surface area contributed by atoms with Gasteiger partial charge in [-0.1, -0.05) is 6.92 Å². The van der Waals surface area contributed by atoms with E-state index in [2.05, 4.69) is 16.9 Å². The molecule has 78 valence electrons. The summed E-state index contributed by atoms with van der Waals surface area (Å²) >= 11 is 0. The van der Waals surface area contributed by atoms with E-state index in [1.54, 1.807) is 0 Å². The summed E-state index contributed by atoms with van der Waals surface area (Å²) in [4.78, 5) is 7.90. The average molecular weight is 194 g/mol. The molecular weight excluding hydrogens is 176 g/mol. The third-order valence-electron chi connectivity index (χ3n) is 2.59. The maximum absolute atomic E-state index is 5.45. The molecule has 0 unspecified atom stereocenters. The molecule has 14 heavy (non-hydrogen) atoms. The van der Waals surface area contributed by atoms with Gasteiger partial charge in [-0.2, -0.15) is 0 Å². The lowest BCUT2D eigenvalue weighted by molar-refractivity contribution is 0.116. The molecule has 0 spiro atoms. The normalized spacial score (nSPS) is 15.5. The molecule has 3 nitrogen and oxygen atoms in total. The van der Waals surface area contributed by atoms with Crippen LogP contribution in [0, 0.1) is 0 Å². The van der Waals surface area contributed by atoms with Gasteiger partial charge in [0.1, 0.15) is 12.4 Å². The van der Waals surface area contributed by atoms with Crippen molar-refractivity contribution in [3.8, 4) is 0 Å². The number of rotatable bonds is 4. The van der Waals surface area contributed by atoms with Crippen molar-refractivity contribution in [2.24, 2.45) is 0 Å². The summed E-state index contributed by atoms with van der Waals surface area (Å²) in [6.45, 7) is 3.58. The Morgan fingerprint density at radius 3 is 3.00 bits per heavy atom. The Bertz CT molecular complexity index is 270. The van der Waals surface area contributed by atoms with Gasteiger partial charge in [-0.3, -0.25) is 0 Å². The maximum Gasteiger partial charge on any atom is 0.132 e. The van der Waals surface area contributed by atoms with Gasteiger partial charge in [0.15, 0.2) is 0 Å². The lowest BCUT2D eigenvalue weighted by atomic mass is 10.0. The van der Waals surface area contributed by atoms with E-state index in [-0.39, 0.29) is 0 Å². The topological polar surface area (TPSA) is 37.9 Å². The number of aromatic amines is 1. The van der Waals surface area contributed by atoms with E-state index >= 15 is 0 Å². The van der Waals surface area contributed by atoms with Gasteiger partial charge in [0.05, 0.1) is 5.69 Å². The second-order valence-corrected chi connectivity index (χ2v) is 3.87. The molecule has 0 saturated heterocycles. The van der Waals surface area contributed by atoms with Crippen LogP contribution in [0.2, 0.25) is 0 Å². The minimum Gasteiger partial charge on any atom is -0.374 e. The quantitative estimate of drug-likeness (QED) is 0.746. The molecular formula is C11H18N2O. The molecule has 0 radical (unpaired) electrons. The van der Waals surface area contributed by atoms with Crippen molar-refractivity contribution in [2.45, 2.75) is 45.6 Å². The Morgan fingerprint density at radius 2 is 2.21 bits per heavy atom. The van der Waals surface area contributed by atoms with Gasteiger partial charge in [0.25, 0.3) is 0 Å². The van der Waals surface area contributed by atoms with Crippen LogP contribution in [-0.2, 0) is 24.2 Å². The predicted molar refractivity (Wildman–Crippen MR) is 55.2 cm³/mol. The fourth-order valence-corrected chi connectivity index (χ4v) is 1.89. The van der Waals surface area contributed by atoms with E-state index in [9.17, 15) is 0 Å². The Hall–Kier alpha value is -0.830. The Balaban J connectivity index is 1.94. The Labute approximate surface area is 84.9 Å². The third kappa shape index (κ3) is 2.15. The number of aryl methyl sites for hydroxylation is 2. The number of hydrogen-bond donors (Lipinski definition) is 1. The minimum absolute atomic E-state index is 0.640. The van der Waals surface area contributed by atoms with Crippen molar-refractivity contribution >= 4 is 0 Å². The molecule has 0 aliphatic heterocycles. The average Bonchev–Trinajstić information content (AvgIpc) is 2.60. The van der Waals surface area contributed by atoms with Gasteiger partial charge in [-0.05, 0) is 32.1 Å². The van der Waals surface area contributed by atoms with Crippen LogP contribution in [0.15, 0.2) is 0 Å². The molecule has 1 aromatic heterocycles. The standard InChI is InChI=1S/C11H18N2O/c1-2-7-14-8-11-12-9-5-3-4-6-10(9)13-11/h2-8H2,1H3,(H,12,13). The monoisotopic (exact) mass is 194 g/mol. The predicted octanol–water partition coefficient (Wildman–Crippen LogP) is 2.22. The molecule has 1 N–H and O–H groups in total. The largest absolute Gasteiger partial charge is 0.374 e. The molecule has 0 fully saturated rings. The number of ether oxygens (including phenoxy) is 1. The van der Waals surface area contributed by atoms with Gasteiger partial charge >= 0.3 is 0 Å². The number of hydrogen-bond acceptors (Lipinski definition) is 2. The van der Waals surface area contributed by atoms with Crippen LogP contribution in [0.3, 0.4) is 0 Å². The van der Waals surface area contributed by atoms with Crippen molar-refractivity contribution in [2.75, 3.05) is 6.61 Å². The number of imidazole rings is 1. The van der Waals surface area contributed by atoms with E-state index in [4.69, 9.17) is 4.74 Å². The van der Waals surface area contributed by atoms with Gasteiger partial charge in [-0.15, -0.1) is 0 Å². The van der Waals surface area contributed by atoms with Gasteiger partial charge in [-0.25, -0.2) is 4.98 Å². The van der Waals surface area contributed by atoms with E-state index < -0.39 is 0 Å². The summed E-state index contributed by atoms with van der Waals surface area (Å²) in [6.07, 6.45) is 5.95. The molecule has 0 atom stereocenters. The second-order valence-electron chi connectivity index (χ2n) is 3.87. The number of nitrogens with zero attached hydrogens (tertiary/aromatic N) is 1. The van der Waals surface area contributed by atoms with Gasteiger partial charge < -0.3 is 9.72 Å². The zero-order chi connectivity index (χ0) is 9.80. The summed E-state index contributed by atoms with van der Waals surface area (Å²) < 4.78 is 5.45. The first-order chi connectivity index (χ1) is 6.90. The highest BCUT2D eigenvalue weighted by molar-refractivity contribution is 5.17. The van der Waals surface area contributed by atoms with Crippen LogP contribution < -0.4 is 0 Å². The van der Waals surface area contributed by atoms with Gasteiger partial charge in [0.2, 0.25) is 0 Å². The molecule has 1 heterocycles. The summed E-state index contributed by atoms with van der Waals surface area (Å²) in [7, 11) is 0. The molecule has 2 rings (SSSR count). The summed E-state index contributed by atoms with van der Waals surface area (Å²) in [5.41, 5.74) is 2.61. The van der Waals surface area contributed by atoms with Crippen molar-refractivity contribution in [1.82, 2.24) is 9.97 Å². The van der Waals surface area contributed by atoms with Crippen molar-refractivity contribution in [3.63, 3.8) is 0 Å². The lowest BCUT2D eigenvalue weighted by Crippen LogP contribution is -2.00. The first-order valence-corrected chi connectivity index (χ1v) is 5.54. The number of H-pyrrole nitrogens is 1. The minimum atomic E-state index is 0.640. The fraction of sp³-hybridized carbons (Fsp3) is 0.727. The molecule has 0 amide bonds. The number of fused-ring (bicyclic) bond motifs is 1. The van der Waals surface area contributed by atoms with Crippen LogP contribution in [-0.4, -0.2) is 16.6 Å². The smallest absolute Gasteiger partial charge is 0.132 e. The fourth-order valence-electron chi connectivity index (χ4n) is 1.89. The van der Waals surface area contributed by atoms with Gasteiger partial charge in [0, 0.05) is 12.3 Å². The first-order valence-electron chi connectivity index (χ1n) is 5.54. The van der Waals surface area contributed by atoms with E-state index in [0.29, 0.717) is 6.61 Å². The van der Waals surface area contributed by atoms with Crippen LogP contribution in [0.25, 0.3) is 0 Å². The highest BCUT2D eigenvalue weighted by atomic mass is 16.5. The van der Waals surface area contributed by atoms with Crippen molar-refractivity contribution < 1.29 is 4.74 Å². The first kappa shape index (κ1) is 9.71. The summed E-state index contributed by atoms with van der Waals surface area (Å²) in [5.74, 6) is 1.00. The summed E-state index contributed by atoms with van der Waals surface area (Å²) in [6, 6.07) is 0. The third-order valence-corrected chi connectivity index (χ3v) is 2.59. The molecule has 0 aromatic carbocycles. The second kappa shape index (κ2) is 4.60. The SMILES string of the molecule is CCCOCc1nc2c([nH]1)CCCC2. The van der Waals surface area contributed by atoms with Crippen LogP contribution in [0.4, 0.5) is 0 Å². The zero-order valence-corrected chi connectivity index (χ0v) is 8.81. The van der Waals surface area contributed by atoms with Crippen molar-refractivity contribution in [1.29, 1.82) is 0 Å². The van der Waals surface area contributed by atoms with E-state index in [1.807, 2.05) is 0 Å². The molecule has 1 aromatic rings. The van der Waals surface area contributed by atoms with E-state index in [0.717, 1.165) is 31.7 Å². The molecule has 3 heteroatoms. The lowest BCUT2D eigenvalue weighted by Gasteiger charge is -2.07. The van der Waals surface area contributed by atoms with Crippen LogP contribution in [0.1, 0.15) is 43.4 Å². The molecule has 0 saturated carbocycles. The number of aromatic nitrogens is 2. The zero-order valence-electron chi connectivity index (χ0n) is 8.81. The highest BCUT2D eigenvalue weighted by Gasteiger charge is 2.13. The van der Waals surface area contributed by atoms with Crippen LogP contribution in [0.5, 0.6) is 0 Å². The Kier molecular flexibility index (Phi) is 3.19. The maximum atomic E-state index is 5.45. The van der Waals surface area contributed by atoms with Crippen molar-refractivity contribution in [3.05, 3.63) is 17.2 Å². The molecule has 1 aliphatic carbocycles. The van der Waals surface area contributed by atoms with E-state index in [1.165, 1.54) is 24.2 Å². The number of nitrogens with one attached hydrogen (secondary N) is 1. The molecule has 0 bridgehead atoms. The Morgan fingerprint density at radius 1 is 1.36 bits per heavy atom.